The van der Waals surface area contributed by atoms with Crippen LogP contribution in [0.25, 0.3) is 22.4 Å². The second-order valence-corrected chi connectivity index (χ2v) is 8.57. The van der Waals surface area contributed by atoms with E-state index >= 15 is 0 Å². The molecule has 0 spiro atoms. The van der Waals surface area contributed by atoms with E-state index in [1.807, 2.05) is 24.3 Å². The molecule has 0 atom stereocenters. The van der Waals surface area contributed by atoms with Gasteiger partial charge in [-0.05, 0) is 24.3 Å². The fourth-order valence-corrected chi connectivity index (χ4v) is 3.62. The van der Waals surface area contributed by atoms with Gasteiger partial charge < -0.3 is 10.1 Å². The number of anilines is 2. The minimum Gasteiger partial charge on any atom is -0.497 e. The van der Waals surface area contributed by atoms with Crippen LogP contribution in [0.15, 0.2) is 59.6 Å². The van der Waals surface area contributed by atoms with Gasteiger partial charge in [-0.1, -0.05) is 18.2 Å². The lowest BCUT2D eigenvalue weighted by atomic mass is 10.2. The molecule has 0 saturated heterocycles. The van der Waals surface area contributed by atoms with Crippen molar-refractivity contribution >= 4 is 32.4 Å². The van der Waals surface area contributed by atoms with E-state index in [1.165, 1.54) is 6.26 Å². The Morgan fingerprint density at radius 3 is 2.62 bits per heavy atom. The maximum atomic E-state index is 11.9. The Morgan fingerprint density at radius 1 is 1.07 bits per heavy atom. The number of rotatable bonds is 5. The zero-order chi connectivity index (χ0) is 20.6. The summed E-state index contributed by atoms with van der Waals surface area (Å²) in [5.74, 6) is 1.68. The van der Waals surface area contributed by atoms with Crippen molar-refractivity contribution in [1.82, 2.24) is 19.7 Å². The zero-order valence-electron chi connectivity index (χ0n) is 16.1. The molecule has 2 aromatic heterocycles. The summed E-state index contributed by atoms with van der Waals surface area (Å²) in [6, 6.07) is 14.1. The Labute approximate surface area is 168 Å². The number of methoxy groups -OCH3 is 1. The Hall–Kier alpha value is -3.46. The van der Waals surface area contributed by atoms with Crippen LogP contribution in [0.2, 0.25) is 0 Å². The average molecular weight is 409 g/mol. The molecule has 0 fully saturated rings. The van der Waals surface area contributed by atoms with Gasteiger partial charge in [0.05, 0.1) is 23.6 Å². The zero-order valence-corrected chi connectivity index (χ0v) is 16.9. The van der Waals surface area contributed by atoms with Crippen molar-refractivity contribution in [3.63, 3.8) is 0 Å². The topological polar surface area (TPSA) is 99.0 Å². The predicted octanol–water partition coefficient (Wildman–Crippen LogP) is 3.19. The molecule has 0 radical (unpaired) electrons. The number of fused-ring (bicyclic) bond motifs is 1. The number of ether oxygens (including phenoxy) is 1. The second kappa shape index (κ2) is 7.17. The average Bonchev–Trinajstić information content (AvgIpc) is 3.09. The molecule has 0 unspecified atom stereocenters. The lowest BCUT2D eigenvalue weighted by Crippen LogP contribution is -2.02. The molecule has 1 N–H and O–H groups in total. The van der Waals surface area contributed by atoms with Gasteiger partial charge in [0.15, 0.2) is 21.3 Å². The highest BCUT2D eigenvalue weighted by molar-refractivity contribution is 7.90. The molecule has 0 amide bonds. The third-order valence-corrected chi connectivity index (χ3v) is 5.56. The third-order valence-electron chi connectivity index (χ3n) is 4.44. The first-order chi connectivity index (χ1) is 13.8. The van der Waals surface area contributed by atoms with Crippen molar-refractivity contribution in [3.05, 3.63) is 54.7 Å². The molecule has 9 heteroatoms. The molecule has 2 aromatic carbocycles. The van der Waals surface area contributed by atoms with E-state index in [1.54, 1.807) is 49.3 Å². The highest BCUT2D eigenvalue weighted by Crippen LogP contribution is 2.29. The fourth-order valence-electron chi connectivity index (χ4n) is 2.95. The summed E-state index contributed by atoms with van der Waals surface area (Å²) in [4.78, 5) is 9.46. The van der Waals surface area contributed by atoms with Gasteiger partial charge in [-0.2, -0.15) is 5.10 Å². The van der Waals surface area contributed by atoms with E-state index in [2.05, 4.69) is 20.4 Å². The standard InChI is InChI=1S/C20H19N5O3S/c1-25-20-17(12-21-25)19(22-14-7-5-8-15(11-14)28-2)23-18(24-20)13-6-4-9-16(10-13)29(3,26)27/h4-12H,1-3H3,(H,22,23,24). The maximum absolute atomic E-state index is 11.9. The van der Waals surface area contributed by atoms with Gasteiger partial charge >= 0.3 is 0 Å². The molecular weight excluding hydrogens is 390 g/mol. The van der Waals surface area contributed by atoms with Crippen molar-refractivity contribution in [2.24, 2.45) is 7.05 Å². The van der Waals surface area contributed by atoms with Gasteiger partial charge in [0, 0.05) is 30.6 Å². The molecule has 29 heavy (non-hydrogen) atoms. The smallest absolute Gasteiger partial charge is 0.175 e. The highest BCUT2D eigenvalue weighted by Gasteiger charge is 2.15. The maximum Gasteiger partial charge on any atom is 0.175 e. The van der Waals surface area contributed by atoms with Crippen molar-refractivity contribution in [2.75, 3.05) is 18.7 Å². The number of sulfone groups is 1. The number of nitrogens with one attached hydrogen (secondary N) is 1. The van der Waals surface area contributed by atoms with Crippen LogP contribution < -0.4 is 10.1 Å². The monoisotopic (exact) mass is 409 g/mol. The van der Waals surface area contributed by atoms with E-state index in [9.17, 15) is 8.42 Å². The summed E-state index contributed by atoms with van der Waals surface area (Å²) in [6.45, 7) is 0. The SMILES string of the molecule is COc1cccc(Nc2nc(-c3cccc(S(C)(=O)=O)c3)nc3c2cnn3C)c1. The van der Waals surface area contributed by atoms with E-state index < -0.39 is 9.84 Å². The molecule has 2 heterocycles. The first-order valence-corrected chi connectivity index (χ1v) is 10.7. The summed E-state index contributed by atoms with van der Waals surface area (Å²) in [5, 5.41) is 8.31. The van der Waals surface area contributed by atoms with Crippen LogP contribution in [-0.2, 0) is 16.9 Å². The lowest BCUT2D eigenvalue weighted by molar-refractivity contribution is 0.415. The first kappa shape index (κ1) is 18.9. The molecule has 4 rings (SSSR count). The summed E-state index contributed by atoms with van der Waals surface area (Å²) >= 11 is 0. The van der Waals surface area contributed by atoms with Crippen LogP contribution in [0.4, 0.5) is 11.5 Å². The largest absolute Gasteiger partial charge is 0.497 e. The number of benzene rings is 2. The third kappa shape index (κ3) is 3.77. The molecule has 0 aliphatic carbocycles. The van der Waals surface area contributed by atoms with Crippen molar-refractivity contribution in [1.29, 1.82) is 0 Å². The molecule has 8 nitrogen and oxygen atoms in total. The van der Waals surface area contributed by atoms with E-state index in [0.717, 1.165) is 11.1 Å². The van der Waals surface area contributed by atoms with E-state index in [4.69, 9.17) is 4.74 Å². The van der Waals surface area contributed by atoms with Crippen molar-refractivity contribution < 1.29 is 13.2 Å². The minimum atomic E-state index is -3.34. The number of aryl methyl sites for hydroxylation is 1. The lowest BCUT2D eigenvalue weighted by Gasteiger charge is -2.11. The molecule has 0 saturated carbocycles. The van der Waals surface area contributed by atoms with Gasteiger partial charge in [0.2, 0.25) is 0 Å². The van der Waals surface area contributed by atoms with Crippen LogP contribution in [-0.4, -0.2) is 41.5 Å². The van der Waals surface area contributed by atoms with Crippen molar-refractivity contribution in [3.8, 4) is 17.1 Å². The highest BCUT2D eigenvalue weighted by atomic mass is 32.2. The van der Waals surface area contributed by atoms with E-state index in [-0.39, 0.29) is 4.90 Å². The van der Waals surface area contributed by atoms with Crippen LogP contribution in [0.5, 0.6) is 5.75 Å². The second-order valence-electron chi connectivity index (χ2n) is 6.56. The Balaban J connectivity index is 1.85. The summed E-state index contributed by atoms with van der Waals surface area (Å²) < 4.78 is 30.8. The number of aromatic nitrogens is 4. The minimum absolute atomic E-state index is 0.214. The molecule has 0 aliphatic rings. The van der Waals surface area contributed by atoms with Gasteiger partial charge in [-0.25, -0.2) is 18.4 Å². The molecular formula is C20H19N5O3S. The van der Waals surface area contributed by atoms with Gasteiger partial charge in [-0.15, -0.1) is 0 Å². The van der Waals surface area contributed by atoms with Gasteiger partial charge in [0.25, 0.3) is 0 Å². The molecule has 4 aromatic rings. The number of nitrogens with zero attached hydrogens (tertiary/aromatic N) is 4. The van der Waals surface area contributed by atoms with Crippen molar-refractivity contribution in [2.45, 2.75) is 4.90 Å². The Bertz CT molecular complexity index is 1310. The summed E-state index contributed by atoms with van der Waals surface area (Å²) in [6.07, 6.45) is 2.86. The Kier molecular flexibility index (Phi) is 4.67. The van der Waals surface area contributed by atoms with Crippen LogP contribution in [0.3, 0.4) is 0 Å². The number of hydrogen-bond donors (Lipinski definition) is 1. The summed E-state index contributed by atoms with van der Waals surface area (Å²) in [5.41, 5.74) is 2.03. The molecule has 148 valence electrons. The Morgan fingerprint density at radius 2 is 1.86 bits per heavy atom. The predicted molar refractivity (Wildman–Crippen MR) is 111 cm³/mol. The van der Waals surface area contributed by atoms with Crippen LogP contribution >= 0.6 is 0 Å². The number of hydrogen-bond acceptors (Lipinski definition) is 7. The van der Waals surface area contributed by atoms with Gasteiger partial charge in [0.1, 0.15) is 11.6 Å². The molecule has 0 aliphatic heterocycles. The van der Waals surface area contributed by atoms with E-state index in [0.29, 0.717) is 28.6 Å². The van der Waals surface area contributed by atoms with Crippen LogP contribution in [0.1, 0.15) is 0 Å². The normalized spacial score (nSPS) is 11.6. The first-order valence-electron chi connectivity index (χ1n) is 8.76. The van der Waals surface area contributed by atoms with Crippen LogP contribution in [0, 0.1) is 0 Å². The molecule has 0 bridgehead atoms. The van der Waals surface area contributed by atoms with Gasteiger partial charge in [-0.3, -0.25) is 4.68 Å². The summed E-state index contributed by atoms with van der Waals surface area (Å²) in [7, 11) is 0.0580. The fraction of sp³-hybridized carbons (Fsp3) is 0.150. The quantitative estimate of drug-likeness (QED) is 0.540.